The van der Waals surface area contributed by atoms with E-state index in [1.54, 1.807) is 0 Å². The van der Waals surface area contributed by atoms with E-state index in [9.17, 15) is 9.59 Å². The summed E-state index contributed by atoms with van der Waals surface area (Å²) in [4.78, 5) is 22.7. The van der Waals surface area contributed by atoms with Crippen LogP contribution in [-0.4, -0.2) is 23.5 Å². The molecule has 0 aromatic heterocycles. The monoisotopic (exact) mass is 261 g/mol. The Labute approximate surface area is 112 Å². The van der Waals surface area contributed by atoms with Crippen molar-refractivity contribution in [3.63, 3.8) is 0 Å². The first kappa shape index (κ1) is 13.6. The van der Waals surface area contributed by atoms with Crippen LogP contribution in [0.2, 0.25) is 0 Å². The number of benzene rings is 1. The highest BCUT2D eigenvalue weighted by molar-refractivity contribution is 5.84. The lowest BCUT2D eigenvalue weighted by atomic mass is 9.64. The third kappa shape index (κ3) is 3.34. The highest BCUT2D eigenvalue weighted by atomic mass is 16.4. The summed E-state index contributed by atoms with van der Waals surface area (Å²) in [5.41, 5.74) is 0.843. The quantitative estimate of drug-likeness (QED) is 0.823. The first-order chi connectivity index (χ1) is 9.12. The lowest BCUT2D eigenvalue weighted by Crippen LogP contribution is -2.47. The number of hydrogen-bond acceptors (Lipinski definition) is 2. The lowest BCUT2D eigenvalue weighted by Gasteiger charge is -2.40. The standard InChI is InChI=1S/C15H19NO3/c17-13(18)7-10-16-14(19)15(8-4-9-15)11-12-5-2-1-3-6-12/h1-3,5-6H,4,7-11H2,(H,16,19)(H,17,18). The molecule has 1 amide bonds. The summed E-state index contributed by atoms with van der Waals surface area (Å²) in [6, 6.07) is 9.98. The Morgan fingerprint density at radius 1 is 1.21 bits per heavy atom. The van der Waals surface area contributed by atoms with Gasteiger partial charge in [0.1, 0.15) is 0 Å². The minimum atomic E-state index is -0.883. The second kappa shape index (κ2) is 5.87. The average molecular weight is 261 g/mol. The molecule has 1 aliphatic carbocycles. The summed E-state index contributed by atoms with van der Waals surface area (Å²) in [6.07, 6.45) is 3.57. The predicted molar refractivity (Wildman–Crippen MR) is 71.7 cm³/mol. The number of amides is 1. The number of carboxylic acid groups (broad SMARTS) is 1. The highest BCUT2D eigenvalue weighted by Crippen LogP contribution is 2.43. The number of rotatable bonds is 6. The zero-order valence-electron chi connectivity index (χ0n) is 10.9. The van der Waals surface area contributed by atoms with Gasteiger partial charge in [-0.25, -0.2) is 0 Å². The molecule has 1 saturated carbocycles. The molecule has 19 heavy (non-hydrogen) atoms. The molecule has 102 valence electrons. The van der Waals surface area contributed by atoms with Gasteiger partial charge in [0, 0.05) is 6.54 Å². The van der Waals surface area contributed by atoms with Crippen molar-refractivity contribution in [2.75, 3.05) is 6.54 Å². The molecule has 0 radical (unpaired) electrons. The Balaban J connectivity index is 1.94. The van der Waals surface area contributed by atoms with E-state index >= 15 is 0 Å². The Kier molecular flexibility index (Phi) is 4.20. The fourth-order valence-electron chi connectivity index (χ4n) is 2.54. The molecule has 1 aliphatic rings. The van der Waals surface area contributed by atoms with Gasteiger partial charge >= 0.3 is 5.97 Å². The zero-order valence-corrected chi connectivity index (χ0v) is 10.9. The van der Waals surface area contributed by atoms with Crippen molar-refractivity contribution in [2.24, 2.45) is 5.41 Å². The molecule has 1 fully saturated rings. The van der Waals surface area contributed by atoms with Crippen molar-refractivity contribution in [3.8, 4) is 0 Å². The van der Waals surface area contributed by atoms with Gasteiger partial charge in [-0.05, 0) is 24.8 Å². The maximum absolute atomic E-state index is 12.2. The number of carbonyl (C=O) groups excluding carboxylic acids is 1. The Bertz CT molecular complexity index is 452. The van der Waals surface area contributed by atoms with Gasteiger partial charge in [-0.1, -0.05) is 36.8 Å². The van der Waals surface area contributed by atoms with Crippen LogP contribution in [0, 0.1) is 5.41 Å². The summed E-state index contributed by atoms with van der Waals surface area (Å²) >= 11 is 0. The number of nitrogens with one attached hydrogen (secondary N) is 1. The molecule has 2 rings (SSSR count). The molecule has 2 N–H and O–H groups in total. The van der Waals surface area contributed by atoms with Crippen molar-refractivity contribution in [3.05, 3.63) is 35.9 Å². The number of hydrogen-bond donors (Lipinski definition) is 2. The molecule has 0 spiro atoms. The van der Waals surface area contributed by atoms with Crippen LogP contribution in [-0.2, 0) is 16.0 Å². The van der Waals surface area contributed by atoms with Gasteiger partial charge in [0.05, 0.1) is 11.8 Å². The fourth-order valence-corrected chi connectivity index (χ4v) is 2.54. The van der Waals surface area contributed by atoms with Crippen molar-refractivity contribution in [1.82, 2.24) is 5.32 Å². The Morgan fingerprint density at radius 3 is 2.42 bits per heavy atom. The van der Waals surface area contributed by atoms with Crippen LogP contribution in [0.1, 0.15) is 31.2 Å². The summed E-state index contributed by atoms with van der Waals surface area (Å²) in [6.45, 7) is 0.213. The third-order valence-corrected chi connectivity index (χ3v) is 3.80. The van der Waals surface area contributed by atoms with Gasteiger partial charge < -0.3 is 10.4 Å². The molecular weight excluding hydrogens is 242 g/mol. The van der Waals surface area contributed by atoms with E-state index < -0.39 is 5.97 Å². The molecule has 0 saturated heterocycles. The molecule has 1 aromatic carbocycles. The Hall–Kier alpha value is -1.84. The second-order valence-corrected chi connectivity index (χ2v) is 5.20. The van der Waals surface area contributed by atoms with E-state index in [2.05, 4.69) is 5.32 Å². The molecule has 0 unspecified atom stereocenters. The molecule has 0 aliphatic heterocycles. The van der Waals surface area contributed by atoms with E-state index in [0.29, 0.717) is 0 Å². The molecule has 1 aromatic rings. The van der Waals surface area contributed by atoms with E-state index in [1.165, 1.54) is 0 Å². The van der Waals surface area contributed by atoms with Crippen molar-refractivity contribution in [2.45, 2.75) is 32.1 Å². The topological polar surface area (TPSA) is 66.4 Å². The van der Waals surface area contributed by atoms with Crippen LogP contribution in [0.4, 0.5) is 0 Å². The van der Waals surface area contributed by atoms with Gasteiger partial charge in [-0.3, -0.25) is 9.59 Å². The van der Waals surface area contributed by atoms with Crippen LogP contribution in [0.25, 0.3) is 0 Å². The van der Waals surface area contributed by atoms with Crippen molar-refractivity contribution < 1.29 is 14.7 Å². The van der Waals surface area contributed by atoms with Crippen molar-refractivity contribution >= 4 is 11.9 Å². The van der Waals surface area contributed by atoms with E-state index in [-0.39, 0.29) is 24.3 Å². The average Bonchev–Trinajstić information content (AvgIpc) is 2.34. The molecule has 0 bridgehead atoms. The van der Waals surface area contributed by atoms with Crippen LogP contribution in [0.15, 0.2) is 30.3 Å². The van der Waals surface area contributed by atoms with E-state index in [1.807, 2.05) is 30.3 Å². The zero-order chi connectivity index (χ0) is 13.7. The lowest BCUT2D eigenvalue weighted by molar-refractivity contribution is -0.138. The number of carboxylic acids is 1. The number of aliphatic carboxylic acids is 1. The van der Waals surface area contributed by atoms with Crippen LogP contribution in [0.5, 0.6) is 0 Å². The maximum Gasteiger partial charge on any atom is 0.305 e. The molecule has 4 heteroatoms. The van der Waals surface area contributed by atoms with Crippen LogP contribution in [0.3, 0.4) is 0 Å². The van der Waals surface area contributed by atoms with Crippen LogP contribution >= 0.6 is 0 Å². The summed E-state index contributed by atoms with van der Waals surface area (Å²) in [5.74, 6) is -0.880. The number of carbonyl (C=O) groups is 2. The molecule has 0 atom stereocenters. The van der Waals surface area contributed by atoms with Crippen LogP contribution < -0.4 is 5.32 Å². The minimum absolute atomic E-state index is 0.00357. The fraction of sp³-hybridized carbons (Fsp3) is 0.467. The predicted octanol–water partition coefficient (Wildman–Crippen LogP) is 1.99. The summed E-state index contributed by atoms with van der Waals surface area (Å²) < 4.78 is 0. The van der Waals surface area contributed by atoms with Gasteiger partial charge in [0.2, 0.25) is 5.91 Å². The Morgan fingerprint density at radius 2 is 1.89 bits per heavy atom. The first-order valence-electron chi connectivity index (χ1n) is 6.66. The van der Waals surface area contributed by atoms with Gasteiger partial charge in [0.25, 0.3) is 0 Å². The normalized spacial score (nSPS) is 16.4. The molecule has 4 nitrogen and oxygen atoms in total. The summed E-state index contributed by atoms with van der Waals surface area (Å²) in [5, 5.41) is 11.3. The van der Waals surface area contributed by atoms with E-state index in [4.69, 9.17) is 5.11 Å². The minimum Gasteiger partial charge on any atom is -0.481 e. The van der Waals surface area contributed by atoms with E-state index in [0.717, 1.165) is 31.2 Å². The molecular formula is C15H19NO3. The summed E-state index contributed by atoms with van der Waals surface area (Å²) in [7, 11) is 0. The first-order valence-corrected chi connectivity index (χ1v) is 6.66. The van der Waals surface area contributed by atoms with Gasteiger partial charge in [-0.2, -0.15) is 0 Å². The second-order valence-electron chi connectivity index (χ2n) is 5.20. The third-order valence-electron chi connectivity index (χ3n) is 3.80. The van der Waals surface area contributed by atoms with Crippen molar-refractivity contribution in [1.29, 1.82) is 0 Å². The largest absolute Gasteiger partial charge is 0.481 e. The SMILES string of the molecule is O=C(O)CCNC(=O)C1(Cc2ccccc2)CCC1. The van der Waals surface area contributed by atoms with Gasteiger partial charge in [-0.15, -0.1) is 0 Å². The van der Waals surface area contributed by atoms with Gasteiger partial charge in [0.15, 0.2) is 0 Å². The smallest absolute Gasteiger partial charge is 0.305 e. The molecule has 0 heterocycles. The highest BCUT2D eigenvalue weighted by Gasteiger charge is 2.43. The maximum atomic E-state index is 12.2.